The number of aromatic nitrogens is 2. The van der Waals surface area contributed by atoms with Gasteiger partial charge in [-0.3, -0.25) is 4.79 Å². The van der Waals surface area contributed by atoms with Crippen molar-refractivity contribution in [3.05, 3.63) is 65.7 Å². The molecule has 0 aliphatic heterocycles. The monoisotopic (exact) mass is 393 g/mol. The summed E-state index contributed by atoms with van der Waals surface area (Å²) >= 11 is 0. The van der Waals surface area contributed by atoms with Crippen molar-refractivity contribution >= 4 is 5.91 Å². The van der Waals surface area contributed by atoms with E-state index in [1.165, 1.54) is 19.8 Å². The molecule has 0 aliphatic rings. The highest BCUT2D eigenvalue weighted by Gasteiger charge is 2.17. The molecule has 1 aromatic heterocycles. The van der Waals surface area contributed by atoms with E-state index in [9.17, 15) is 4.79 Å². The molecule has 3 rings (SSSR count). The molecule has 1 heterocycles. The Kier molecular flexibility index (Phi) is 6.63. The highest BCUT2D eigenvalue weighted by Crippen LogP contribution is 2.27. The summed E-state index contributed by atoms with van der Waals surface area (Å²) in [7, 11) is 3.02. The van der Waals surface area contributed by atoms with Crippen molar-refractivity contribution in [1.29, 1.82) is 0 Å². The van der Waals surface area contributed by atoms with Crippen LogP contribution in [-0.2, 0) is 0 Å². The number of nitrogens with zero attached hydrogens (tertiary/aromatic N) is 2. The maximum Gasteiger partial charge on any atom is 0.258 e. The standard InChI is InChI=1S/C22H23N3O4/c1-15-7-9-16(10-8-15)17-11-12-20(25-24-17)29-14-13-23-22(26)21-18(27-2)5-4-6-19(21)28-3/h4-12H,13-14H2,1-3H3,(H,23,26). The van der Waals surface area contributed by atoms with Gasteiger partial charge in [-0.1, -0.05) is 35.9 Å². The third-order valence-corrected chi connectivity index (χ3v) is 4.28. The van der Waals surface area contributed by atoms with Crippen molar-refractivity contribution in [2.45, 2.75) is 6.92 Å². The van der Waals surface area contributed by atoms with Crippen LogP contribution in [0.4, 0.5) is 0 Å². The largest absolute Gasteiger partial charge is 0.496 e. The first-order valence-corrected chi connectivity index (χ1v) is 9.15. The molecule has 1 amide bonds. The smallest absolute Gasteiger partial charge is 0.258 e. The summed E-state index contributed by atoms with van der Waals surface area (Å²) in [4.78, 5) is 12.5. The van der Waals surface area contributed by atoms with Crippen LogP contribution in [0.2, 0.25) is 0 Å². The lowest BCUT2D eigenvalue weighted by Gasteiger charge is -2.13. The summed E-state index contributed by atoms with van der Waals surface area (Å²) in [6.07, 6.45) is 0. The lowest BCUT2D eigenvalue weighted by molar-refractivity contribution is 0.0940. The Bertz CT molecular complexity index is 935. The van der Waals surface area contributed by atoms with Gasteiger partial charge in [0, 0.05) is 11.6 Å². The summed E-state index contributed by atoms with van der Waals surface area (Å²) in [5, 5.41) is 11.1. The number of hydrogen-bond donors (Lipinski definition) is 1. The number of nitrogens with one attached hydrogen (secondary N) is 1. The number of amides is 1. The van der Waals surface area contributed by atoms with Gasteiger partial charge in [-0.05, 0) is 25.1 Å². The van der Waals surface area contributed by atoms with Gasteiger partial charge in [0.2, 0.25) is 5.88 Å². The summed E-state index contributed by atoms with van der Waals surface area (Å²) in [6, 6.07) is 16.8. The van der Waals surface area contributed by atoms with Gasteiger partial charge < -0.3 is 19.5 Å². The van der Waals surface area contributed by atoms with E-state index in [1.807, 2.05) is 37.3 Å². The minimum Gasteiger partial charge on any atom is -0.496 e. The van der Waals surface area contributed by atoms with E-state index in [1.54, 1.807) is 24.3 Å². The van der Waals surface area contributed by atoms with E-state index < -0.39 is 0 Å². The predicted octanol–water partition coefficient (Wildman–Crippen LogP) is 3.28. The first-order chi connectivity index (χ1) is 14.1. The van der Waals surface area contributed by atoms with Crippen molar-refractivity contribution in [1.82, 2.24) is 15.5 Å². The molecule has 7 heteroatoms. The molecular weight excluding hydrogens is 370 g/mol. The Morgan fingerprint density at radius 1 is 0.931 bits per heavy atom. The number of hydrogen-bond acceptors (Lipinski definition) is 6. The number of methoxy groups -OCH3 is 2. The third-order valence-electron chi connectivity index (χ3n) is 4.28. The first-order valence-electron chi connectivity index (χ1n) is 9.15. The van der Waals surface area contributed by atoms with Crippen molar-refractivity contribution in [2.75, 3.05) is 27.4 Å². The number of aryl methyl sites for hydroxylation is 1. The van der Waals surface area contributed by atoms with Crippen LogP contribution in [-0.4, -0.2) is 43.5 Å². The van der Waals surface area contributed by atoms with Crippen LogP contribution in [0.25, 0.3) is 11.3 Å². The average molecular weight is 393 g/mol. The van der Waals surface area contributed by atoms with Gasteiger partial charge in [0.1, 0.15) is 23.7 Å². The van der Waals surface area contributed by atoms with E-state index in [0.29, 0.717) is 29.5 Å². The molecule has 0 saturated heterocycles. The molecule has 29 heavy (non-hydrogen) atoms. The van der Waals surface area contributed by atoms with Gasteiger partial charge in [-0.2, -0.15) is 0 Å². The second-order valence-corrected chi connectivity index (χ2v) is 6.26. The van der Waals surface area contributed by atoms with Crippen LogP contribution in [0, 0.1) is 6.92 Å². The molecule has 0 fully saturated rings. The Hall–Kier alpha value is -3.61. The molecule has 150 valence electrons. The Balaban J connectivity index is 1.53. The predicted molar refractivity (Wildman–Crippen MR) is 110 cm³/mol. The van der Waals surface area contributed by atoms with Crippen LogP contribution in [0.15, 0.2) is 54.6 Å². The summed E-state index contributed by atoms with van der Waals surface area (Å²) < 4.78 is 16.1. The average Bonchev–Trinajstić information content (AvgIpc) is 2.77. The van der Waals surface area contributed by atoms with Crippen LogP contribution in [0.1, 0.15) is 15.9 Å². The maximum absolute atomic E-state index is 12.5. The number of rotatable bonds is 8. The van der Waals surface area contributed by atoms with E-state index in [2.05, 4.69) is 15.5 Å². The molecule has 0 atom stereocenters. The van der Waals surface area contributed by atoms with E-state index in [0.717, 1.165) is 11.3 Å². The fourth-order valence-corrected chi connectivity index (χ4v) is 2.76. The fourth-order valence-electron chi connectivity index (χ4n) is 2.76. The highest BCUT2D eigenvalue weighted by atomic mass is 16.5. The number of benzene rings is 2. The molecule has 0 saturated carbocycles. The van der Waals surface area contributed by atoms with Crippen LogP contribution < -0.4 is 19.5 Å². The molecular formula is C22H23N3O4. The summed E-state index contributed by atoms with van der Waals surface area (Å²) in [5.41, 5.74) is 3.30. The molecule has 3 aromatic rings. The Labute approximate surface area is 169 Å². The van der Waals surface area contributed by atoms with E-state index in [-0.39, 0.29) is 12.5 Å². The van der Waals surface area contributed by atoms with Gasteiger partial charge >= 0.3 is 0 Å². The zero-order chi connectivity index (χ0) is 20.6. The molecule has 2 aromatic carbocycles. The number of carbonyl (C=O) groups is 1. The van der Waals surface area contributed by atoms with Gasteiger partial charge in [-0.25, -0.2) is 0 Å². The van der Waals surface area contributed by atoms with Crippen molar-refractivity contribution in [2.24, 2.45) is 0 Å². The molecule has 0 aliphatic carbocycles. The topological polar surface area (TPSA) is 82.6 Å². The van der Waals surface area contributed by atoms with Gasteiger partial charge in [-0.15, -0.1) is 10.2 Å². The second kappa shape index (κ2) is 9.54. The fraction of sp³-hybridized carbons (Fsp3) is 0.227. The molecule has 0 spiro atoms. The van der Waals surface area contributed by atoms with Gasteiger partial charge in [0.25, 0.3) is 5.91 Å². The molecule has 7 nitrogen and oxygen atoms in total. The second-order valence-electron chi connectivity index (χ2n) is 6.26. The molecule has 0 bridgehead atoms. The van der Waals surface area contributed by atoms with E-state index >= 15 is 0 Å². The zero-order valence-electron chi connectivity index (χ0n) is 16.6. The normalized spacial score (nSPS) is 10.3. The van der Waals surface area contributed by atoms with Crippen LogP contribution >= 0.6 is 0 Å². The number of carbonyl (C=O) groups excluding carboxylic acids is 1. The van der Waals surface area contributed by atoms with E-state index in [4.69, 9.17) is 14.2 Å². The van der Waals surface area contributed by atoms with Crippen molar-refractivity contribution in [3.63, 3.8) is 0 Å². The summed E-state index contributed by atoms with van der Waals surface area (Å²) in [5.74, 6) is 0.981. The van der Waals surface area contributed by atoms with Crippen LogP contribution in [0.5, 0.6) is 17.4 Å². The minimum absolute atomic E-state index is 0.252. The first kappa shape index (κ1) is 20.1. The number of ether oxygens (including phenoxy) is 3. The van der Waals surface area contributed by atoms with Crippen LogP contribution in [0.3, 0.4) is 0 Å². The minimum atomic E-state index is -0.302. The molecule has 0 radical (unpaired) electrons. The SMILES string of the molecule is COc1cccc(OC)c1C(=O)NCCOc1ccc(-c2ccc(C)cc2)nn1. The maximum atomic E-state index is 12.5. The quantitative estimate of drug-likeness (QED) is 0.592. The zero-order valence-corrected chi connectivity index (χ0v) is 16.6. The lowest BCUT2D eigenvalue weighted by atomic mass is 10.1. The van der Waals surface area contributed by atoms with Crippen molar-refractivity contribution in [3.8, 4) is 28.6 Å². The lowest BCUT2D eigenvalue weighted by Crippen LogP contribution is -2.29. The Morgan fingerprint density at radius 3 is 2.21 bits per heavy atom. The molecule has 1 N–H and O–H groups in total. The van der Waals surface area contributed by atoms with Gasteiger partial charge in [0.15, 0.2) is 0 Å². The Morgan fingerprint density at radius 2 is 1.62 bits per heavy atom. The third kappa shape index (κ3) is 5.01. The summed E-state index contributed by atoms with van der Waals surface area (Å²) in [6.45, 7) is 2.58. The van der Waals surface area contributed by atoms with Crippen molar-refractivity contribution < 1.29 is 19.0 Å². The highest BCUT2D eigenvalue weighted by molar-refractivity contribution is 5.99. The molecule has 0 unspecified atom stereocenters. The van der Waals surface area contributed by atoms with Gasteiger partial charge in [0.05, 0.1) is 26.5 Å².